The van der Waals surface area contributed by atoms with Gasteiger partial charge in [-0.1, -0.05) is 0 Å². The monoisotopic (exact) mass is 349 g/mol. The van der Waals surface area contributed by atoms with Gasteiger partial charge in [-0.2, -0.15) is 0 Å². The third-order valence-corrected chi connectivity index (χ3v) is 2.37. The first-order chi connectivity index (χ1) is 8.60. The van der Waals surface area contributed by atoms with Gasteiger partial charge in [0.05, 0.1) is 16.6 Å². The Kier molecular flexibility index (Phi) is 4.66. The van der Waals surface area contributed by atoms with Crippen molar-refractivity contribution in [3.8, 4) is 5.75 Å². The Hall–Kier alpha value is -1.45. The summed E-state index contributed by atoms with van der Waals surface area (Å²) in [4.78, 5) is 13.7. The van der Waals surface area contributed by atoms with Crippen LogP contribution in [0, 0.1) is 0 Å². The standard InChI is InChI=1S/C9H5BrF5NO3/c10-3-1-5(8(11)12)16-4(2-6(17)18)7(3)19-9(13,14)15/h1,8H,2H2,(H,17,18). The number of carboxylic acids is 1. The lowest BCUT2D eigenvalue weighted by molar-refractivity contribution is -0.275. The second-order valence-corrected chi connectivity index (χ2v) is 4.08. The third kappa shape index (κ3) is 4.62. The number of halogens is 6. The number of ether oxygens (including phenoxy) is 1. The molecule has 1 N–H and O–H groups in total. The van der Waals surface area contributed by atoms with Gasteiger partial charge in [0.25, 0.3) is 6.43 Å². The molecule has 0 atom stereocenters. The van der Waals surface area contributed by atoms with Gasteiger partial charge >= 0.3 is 12.3 Å². The third-order valence-electron chi connectivity index (χ3n) is 1.78. The van der Waals surface area contributed by atoms with Gasteiger partial charge in [-0.25, -0.2) is 13.8 Å². The molecule has 0 radical (unpaired) electrons. The van der Waals surface area contributed by atoms with Gasteiger partial charge in [0.1, 0.15) is 5.69 Å². The molecule has 0 spiro atoms. The smallest absolute Gasteiger partial charge is 0.481 e. The van der Waals surface area contributed by atoms with Crippen LogP contribution in [0.4, 0.5) is 22.0 Å². The summed E-state index contributed by atoms with van der Waals surface area (Å²) >= 11 is 2.62. The molecule has 0 aliphatic heterocycles. The zero-order chi connectivity index (χ0) is 14.8. The maximum Gasteiger partial charge on any atom is 0.573 e. The van der Waals surface area contributed by atoms with E-state index in [4.69, 9.17) is 5.11 Å². The van der Waals surface area contributed by atoms with Gasteiger partial charge in [0.15, 0.2) is 5.75 Å². The van der Waals surface area contributed by atoms with Crippen LogP contribution in [0.5, 0.6) is 5.75 Å². The maximum atomic E-state index is 12.4. The van der Waals surface area contributed by atoms with Crippen LogP contribution in [0.1, 0.15) is 17.8 Å². The Labute approximate surface area is 111 Å². The quantitative estimate of drug-likeness (QED) is 0.847. The van der Waals surface area contributed by atoms with Crippen molar-refractivity contribution >= 4 is 21.9 Å². The molecule has 4 nitrogen and oxygen atoms in total. The van der Waals surface area contributed by atoms with Gasteiger partial charge in [-0.15, -0.1) is 13.2 Å². The van der Waals surface area contributed by atoms with Crippen molar-refractivity contribution in [3.05, 3.63) is 21.9 Å². The number of rotatable bonds is 4. The molecule has 0 saturated carbocycles. The van der Waals surface area contributed by atoms with Crippen LogP contribution in [-0.2, 0) is 11.2 Å². The van der Waals surface area contributed by atoms with E-state index in [2.05, 4.69) is 25.7 Å². The summed E-state index contributed by atoms with van der Waals surface area (Å²) in [5.74, 6) is -2.47. The second kappa shape index (κ2) is 5.68. The van der Waals surface area contributed by atoms with E-state index in [1.807, 2.05) is 0 Å². The number of alkyl halides is 5. The van der Waals surface area contributed by atoms with Gasteiger partial charge in [0, 0.05) is 0 Å². The summed E-state index contributed by atoms with van der Waals surface area (Å²) in [6.45, 7) is 0. The summed E-state index contributed by atoms with van der Waals surface area (Å²) in [7, 11) is 0. The van der Waals surface area contributed by atoms with Crippen LogP contribution in [0.2, 0.25) is 0 Å². The van der Waals surface area contributed by atoms with Crippen molar-refractivity contribution in [2.24, 2.45) is 0 Å². The topological polar surface area (TPSA) is 59.4 Å². The normalized spacial score (nSPS) is 11.7. The number of pyridine rings is 1. The molecule has 1 aromatic rings. The molecule has 0 aliphatic rings. The SMILES string of the molecule is O=C(O)Cc1nc(C(F)F)cc(Br)c1OC(F)(F)F. The van der Waals surface area contributed by atoms with Crippen LogP contribution in [0.25, 0.3) is 0 Å². The molecule has 10 heteroatoms. The number of carboxylic acid groups (broad SMARTS) is 1. The molecule has 1 rings (SSSR count). The van der Waals surface area contributed by atoms with Crippen LogP contribution >= 0.6 is 15.9 Å². The lowest BCUT2D eigenvalue weighted by atomic mass is 10.2. The summed E-state index contributed by atoms with van der Waals surface area (Å²) in [6, 6.07) is 0.636. The minimum absolute atomic E-state index is 0.452. The number of hydrogen-bond donors (Lipinski definition) is 1. The van der Waals surface area contributed by atoms with Gasteiger partial charge in [-0.05, 0) is 22.0 Å². The van der Waals surface area contributed by atoms with Gasteiger partial charge < -0.3 is 9.84 Å². The minimum atomic E-state index is -5.09. The maximum absolute atomic E-state index is 12.4. The molecule has 19 heavy (non-hydrogen) atoms. The zero-order valence-corrected chi connectivity index (χ0v) is 10.4. The summed E-state index contributed by atoms with van der Waals surface area (Å²) in [5, 5.41) is 8.53. The van der Waals surface area contributed by atoms with E-state index in [9.17, 15) is 26.7 Å². The van der Waals surface area contributed by atoms with Crippen LogP contribution in [-0.4, -0.2) is 22.4 Å². The number of carbonyl (C=O) groups is 1. The average molecular weight is 350 g/mol. The van der Waals surface area contributed by atoms with Gasteiger partial charge in [-0.3, -0.25) is 4.79 Å². The predicted octanol–water partition coefficient (Wildman–Crippen LogP) is 3.31. The molecule has 0 aromatic carbocycles. The highest BCUT2D eigenvalue weighted by Gasteiger charge is 2.34. The molecular formula is C9H5BrF5NO3. The molecule has 0 unspecified atom stereocenters. The predicted molar refractivity (Wildman–Crippen MR) is 54.9 cm³/mol. The molecular weight excluding hydrogens is 345 g/mol. The first kappa shape index (κ1) is 15.6. The van der Waals surface area contributed by atoms with E-state index in [-0.39, 0.29) is 0 Å². The van der Waals surface area contributed by atoms with Crippen molar-refractivity contribution in [3.63, 3.8) is 0 Å². The minimum Gasteiger partial charge on any atom is -0.481 e. The molecule has 0 amide bonds. The highest BCUT2D eigenvalue weighted by Crippen LogP contribution is 2.35. The largest absolute Gasteiger partial charge is 0.573 e. The number of aromatic nitrogens is 1. The summed E-state index contributed by atoms with van der Waals surface area (Å²) in [6.07, 6.45) is -9.13. The fraction of sp³-hybridized carbons (Fsp3) is 0.333. The van der Waals surface area contributed by atoms with Crippen molar-refractivity contribution in [2.45, 2.75) is 19.2 Å². The molecule has 1 aromatic heterocycles. The van der Waals surface area contributed by atoms with Crippen LogP contribution < -0.4 is 4.74 Å². The summed E-state index contributed by atoms with van der Waals surface area (Å²) in [5.41, 5.74) is -1.59. The Balaban J connectivity index is 3.30. The van der Waals surface area contributed by atoms with E-state index in [0.717, 1.165) is 0 Å². The fourth-order valence-electron chi connectivity index (χ4n) is 1.17. The molecule has 106 valence electrons. The Morgan fingerprint density at radius 2 is 2.05 bits per heavy atom. The molecule has 0 bridgehead atoms. The van der Waals surface area contributed by atoms with Gasteiger partial charge in [0.2, 0.25) is 0 Å². The molecule has 0 saturated heterocycles. The highest BCUT2D eigenvalue weighted by atomic mass is 79.9. The Morgan fingerprint density at radius 1 is 1.47 bits per heavy atom. The zero-order valence-electron chi connectivity index (χ0n) is 8.84. The van der Waals surface area contributed by atoms with E-state index in [0.29, 0.717) is 6.07 Å². The Bertz CT molecular complexity index is 491. The molecule has 0 fully saturated rings. The molecule has 0 aliphatic carbocycles. The lowest BCUT2D eigenvalue weighted by Gasteiger charge is -2.14. The average Bonchev–Trinajstić information content (AvgIpc) is 2.20. The number of aliphatic carboxylic acids is 1. The van der Waals surface area contributed by atoms with E-state index >= 15 is 0 Å². The second-order valence-electron chi connectivity index (χ2n) is 3.22. The number of nitrogens with zero attached hydrogens (tertiary/aromatic N) is 1. The van der Waals surface area contributed by atoms with Crippen molar-refractivity contribution in [2.75, 3.05) is 0 Å². The molecule has 1 heterocycles. The Morgan fingerprint density at radius 3 is 2.47 bits per heavy atom. The van der Waals surface area contributed by atoms with Crippen molar-refractivity contribution in [1.82, 2.24) is 4.98 Å². The first-order valence-electron chi connectivity index (χ1n) is 4.55. The highest BCUT2D eigenvalue weighted by molar-refractivity contribution is 9.10. The first-order valence-corrected chi connectivity index (χ1v) is 5.34. The van der Waals surface area contributed by atoms with Crippen LogP contribution in [0.15, 0.2) is 10.5 Å². The number of hydrogen-bond acceptors (Lipinski definition) is 3. The lowest BCUT2D eigenvalue weighted by Crippen LogP contribution is -2.20. The van der Waals surface area contributed by atoms with Crippen LogP contribution in [0.3, 0.4) is 0 Å². The van der Waals surface area contributed by atoms with E-state index in [1.54, 1.807) is 0 Å². The van der Waals surface area contributed by atoms with E-state index < -0.39 is 46.8 Å². The fourth-order valence-corrected chi connectivity index (χ4v) is 1.71. The van der Waals surface area contributed by atoms with Crippen molar-refractivity contribution in [1.29, 1.82) is 0 Å². The summed E-state index contributed by atoms with van der Waals surface area (Å²) < 4.78 is 64.4. The van der Waals surface area contributed by atoms with E-state index in [1.165, 1.54) is 0 Å². The van der Waals surface area contributed by atoms with Crippen molar-refractivity contribution < 1.29 is 36.6 Å².